The molecule has 0 aliphatic heterocycles. The Morgan fingerprint density at radius 3 is 2.19 bits per heavy atom. The highest BCUT2D eigenvalue weighted by Crippen LogP contribution is 2.03. The second kappa shape index (κ2) is 6.81. The molecule has 0 spiro atoms. The molecule has 0 aromatic rings. The van der Waals surface area contributed by atoms with Gasteiger partial charge in [-0.3, -0.25) is 14.4 Å². The van der Waals surface area contributed by atoms with E-state index in [1.807, 2.05) is 6.92 Å². The third-order valence-corrected chi connectivity index (χ3v) is 2.40. The van der Waals surface area contributed by atoms with Crippen molar-refractivity contribution in [2.75, 3.05) is 0 Å². The van der Waals surface area contributed by atoms with Gasteiger partial charge in [0.1, 0.15) is 6.04 Å². The van der Waals surface area contributed by atoms with Crippen molar-refractivity contribution in [2.24, 2.45) is 17.4 Å². The highest BCUT2D eigenvalue weighted by Gasteiger charge is 2.20. The third-order valence-electron chi connectivity index (χ3n) is 2.40. The minimum absolute atomic E-state index is 0.0222. The number of carbonyl (C=O) groups is 3. The molecule has 0 saturated heterocycles. The number of carbonyl (C=O) groups excluding carboxylic acids is 3. The predicted octanol–water partition coefficient (Wildman–Crippen LogP) is -0.732. The van der Waals surface area contributed by atoms with Crippen molar-refractivity contribution in [3.63, 3.8) is 0 Å². The minimum Gasteiger partial charge on any atom is -0.370 e. The van der Waals surface area contributed by atoms with E-state index in [2.05, 4.69) is 5.32 Å². The lowest BCUT2D eigenvalue weighted by Gasteiger charge is -2.17. The lowest BCUT2D eigenvalue weighted by molar-refractivity contribution is -0.130. The monoisotopic (exact) mass is 229 g/mol. The van der Waals surface area contributed by atoms with Crippen LogP contribution in [0.5, 0.6) is 0 Å². The highest BCUT2D eigenvalue weighted by molar-refractivity contribution is 5.87. The number of nitrogens with two attached hydrogens (primary N) is 2. The van der Waals surface area contributed by atoms with Gasteiger partial charge in [0.25, 0.3) is 0 Å². The van der Waals surface area contributed by atoms with Gasteiger partial charge >= 0.3 is 0 Å². The Labute approximate surface area is 94.7 Å². The van der Waals surface area contributed by atoms with E-state index in [0.717, 1.165) is 0 Å². The summed E-state index contributed by atoms with van der Waals surface area (Å²) in [6.07, 6.45) is 0.842. The van der Waals surface area contributed by atoms with Crippen LogP contribution in [0, 0.1) is 5.92 Å². The first-order valence-corrected chi connectivity index (χ1v) is 5.26. The fourth-order valence-corrected chi connectivity index (χ4v) is 1.07. The van der Waals surface area contributed by atoms with E-state index in [0.29, 0.717) is 6.42 Å². The van der Waals surface area contributed by atoms with Crippen LogP contribution in [0.3, 0.4) is 0 Å². The van der Waals surface area contributed by atoms with E-state index in [1.165, 1.54) is 0 Å². The first kappa shape index (κ1) is 14.4. The standard InChI is InChI=1S/C10H19N3O3/c1-3-6(2)10(16)13-7(9(12)15)4-5-8(11)14/h6-7H,3-5H2,1-2H3,(H2,11,14)(H2,12,15)(H,13,16)/t6?,7-/m0/s1. The van der Waals surface area contributed by atoms with E-state index in [-0.39, 0.29) is 24.7 Å². The number of hydrogen-bond donors (Lipinski definition) is 3. The zero-order valence-electron chi connectivity index (χ0n) is 9.66. The molecule has 16 heavy (non-hydrogen) atoms. The molecule has 1 unspecified atom stereocenters. The largest absolute Gasteiger partial charge is 0.370 e. The van der Waals surface area contributed by atoms with Gasteiger partial charge in [0.15, 0.2) is 0 Å². The maximum Gasteiger partial charge on any atom is 0.240 e. The maximum absolute atomic E-state index is 11.5. The molecule has 5 N–H and O–H groups in total. The molecule has 2 atom stereocenters. The van der Waals surface area contributed by atoms with Crippen molar-refractivity contribution in [1.29, 1.82) is 0 Å². The second-order valence-electron chi connectivity index (χ2n) is 3.78. The van der Waals surface area contributed by atoms with Crippen molar-refractivity contribution in [1.82, 2.24) is 5.32 Å². The molecule has 6 nitrogen and oxygen atoms in total. The lowest BCUT2D eigenvalue weighted by atomic mass is 10.1. The van der Waals surface area contributed by atoms with Crippen molar-refractivity contribution >= 4 is 17.7 Å². The maximum atomic E-state index is 11.5. The summed E-state index contributed by atoms with van der Waals surface area (Å²) in [5.41, 5.74) is 10.1. The minimum atomic E-state index is -0.825. The van der Waals surface area contributed by atoms with Gasteiger partial charge in [-0.15, -0.1) is 0 Å². The molecule has 0 radical (unpaired) electrons. The van der Waals surface area contributed by atoms with Crippen LogP contribution in [0.1, 0.15) is 33.1 Å². The Hall–Kier alpha value is -1.59. The van der Waals surface area contributed by atoms with Crippen LogP contribution >= 0.6 is 0 Å². The zero-order chi connectivity index (χ0) is 12.7. The number of nitrogens with one attached hydrogen (secondary N) is 1. The average molecular weight is 229 g/mol. The van der Waals surface area contributed by atoms with E-state index < -0.39 is 17.9 Å². The SMILES string of the molecule is CCC(C)C(=O)N[C@@H](CCC(N)=O)C(N)=O. The van der Waals surface area contributed by atoms with Gasteiger partial charge in [-0.2, -0.15) is 0 Å². The summed E-state index contributed by atoms with van der Waals surface area (Å²) in [7, 11) is 0. The molecule has 0 rings (SSSR count). The first-order chi connectivity index (χ1) is 7.38. The van der Waals surface area contributed by atoms with E-state index in [1.54, 1.807) is 6.92 Å². The normalized spacial score (nSPS) is 13.9. The molecule has 0 aromatic heterocycles. The fourth-order valence-electron chi connectivity index (χ4n) is 1.07. The smallest absolute Gasteiger partial charge is 0.240 e. The molecule has 0 bridgehead atoms. The average Bonchev–Trinajstić information content (AvgIpc) is 2.21. The van der Waals surface area contributed by atoms with Crippen molar-refractivity contribution in [3.8, 4) is 0 Å². The van der Waals surface area contributed by atoms with Crippen LogP contribution in [0.25, 0.3) is 0 Å². The second-order valence-corrected chi connectivity index (χ2v) is 3.78. The van der Waals surface area contributed by atoms with Crippen LogP contribution in [0.4, 0.5) is 0 Å². The van der Waals surface area contributed by atoms with Gasteiger partial charge in [0, 0.05) is 12.3 Å². The quantitative estimate of drug-likeness (QED) is 0.534. The molecule has 0 aliphatic carbocycles. The van der Waals surface area contributed by atoms with Crippen LogP contribution in [-0.4, -0.2) is 23.8 Å². The molecule has 0 saturated carbocycles. The molecule has 6 heteroatoms. The Bertz CT molecular complexity index is 278. The summed E-state index contributed by atoms with van der Waals surface area (Å²) in [5.74, 6) is -1.60. The molecule has 0 fully saturated rings. The van der Waals surface area contributed by atoms with E-state index in [9.17, 15) is 14.4 Å². The van der Waals surface area contributed by atoms with Crippen molar-refractivity contribution in [3.05, 3.63) is 0 Å². The number of hydrogen-bond acceptors (Lipinski definition) is 3. The van der Waals surface area contributed by atoms with Gasteiger partial charge in [-0.05, 0) is 12.8 Å². The van der Waals surface area contributed by atoms with Gasteiger partial charge < -0.3 is 16.8 Å². The highest BCUT2D eigenvalue weighted by atomic mass is 16.2. The summed E-state index contributed by atoms with van der Waals surface area (Å²) >= 11 is 0. The van der Waals surface area contributed by atoms with Gasteiger partial charge in [-0.1, -0.05) is 13.8 Å². The van der Waals surface area contributed by atoms with Crippen LogP contribution < -0.4 is 16.8 Å². The van der Waals surface area contributed by atoms with Gasteiger partial charge in [0.2, 0.25) is 17.7 Å². The molecular formula is C10H19N3O3. The van der Waals surface area contributed by atoms with Crippen LogP contribution in [0.2, 0.25) is 0 Å². The van der Waals surface area contributed by atoms with Crippen LogP contribution in [-0.2, 0) is 14.4 Å². The molecule has 0 aliphatic rings. The van der Waals surface area contributed by atoms with E-state index >= 15 is 0 Å². The zero-order valence-corrected chi connectivity index (χ0v) is 9.66. The molecule has 0 heterocycles. The summed E-state index contributed by atoms with van der Waals surface area (Å²) in [5, 5.41) is 2.50. The fraction of sp³-hybridized carbons (Fsp3) is 0.700. The van der Waals surface area contributed by atoms with Gasteiger partial charge in [0.05, 0.1) is 0 Å². The Morgan fingerprint density at radius 2 is 1.81 bits per heavy atom. The summed E-state index contributed by atoms with van der Waals surface area (Å²) in [6.45, 7) is 3.62. The third kappa shape index (κ3) is 5.33. The van der Waals surface area contributed by atoms with Crippen molar-refractivity contribution < 1.29 is 14.4 Å². The predicted molar refractivity (Wildman–Crippen MR) is 59.0 cm³/mol. The van der Waals surface area contributed by atoms with Crippen molar-refractivity contribution in [2.45, 2.75) is 39.2 Å². The van der Waals surface area contributed by atoms with E-state index in [4.69, 9.17) is 11.5 Å². The number of amides is 3. The lowest BCUT2D eigenvalue weighted by Crippen LogP contribution is -2.46. The Morgan fingerprint density at radius 1 is 1.25 bits per heavy atom. The molecule has 3 amide bonds. The van der Waals surface area contributed by atoms with Gasteiger partial charge in [-0.25, -0.2) is 0 Å². The Kier molecular flexibility index (Phi) is 6.14. The summed E-state index contributed by atoms with van der Waals surface area (Å²) in [6, 6.07) is -0.825. The van der Waals surface area contributed by atoms with Crippen LogP contribution in [0.15, 0.2) is 0 Å². The Balaban J connectivity index is 4.28. The number of primary amides is 2. The topological polar surface area (TPSA) is 115 Å². The summed E-state index contributed by atoms with van der Waals surface area (Å²) < 4.78 is 0. The first-order valence-electron chi connectivity index (χ1n) is 5.26. The molecule has 0 aromatic carbocycles. The number of rotatable bonds is 7. The molecular weight excluding hydrogens is 210 g/mol. The molecule has 92 valence electrons. The summed E-state index contributed by atoms with van der Waals surface area (Å²) in [4.78, 5) is 33.1.